The predicted octanol–water partition coefficient (Wildman–Crippen LogP) is 1.57. The second-order valence-corrected chi connectivity index (χ2v) is 8.52. The van der Waals surface area contributed by atoms with Crippen LogP contribution in [0.15, 0.2) is 42.9 Å². The molecule has 35 heavy (non-hydrogen) atoms. The summed E-state index contributed by atoms with van der Waals surface area (Å²) in [4.78, 5) is 25.1. The molecular weight excluding hydrogens is 448 g/mol. The van der Waals surface area contributed by atoms with Crippen LogP contribution in [0.3, 0.4) is 0 Å². The average molecular weight is 475 g/mol. The quantitative estimate of drug-likeness (QED) is 0.394. The molecule has 2 aromatic heterocycles. The number of piperidine rings is 1. The van der Waals surface area contributed by atoms with E-state index < -0.39 is 0 Å². The number of hydrogen-bond acceptors (Lipinski definition) is 9. The van der Waals surface area contributed by atoms with Crippen molar-refractivity contribution in [3.8, 4) is 17.1 Å². The SMILES string of the molecule is [C-]#[N+]c1ccc(NC2CC(Nc3cccc(-c4ncn(C)n4)c3OC)C3C(=O)N(C)NC3N2)nc1. The highest BCUT2D eigenvalue weighted by Gasteiger charge is 2.48. The lowest BCUT2D eigenvalue weighted by Crippen LogP contribution is -2.60. The molecule has 4 N–H and O–H groups in total. The Bertz CT molecular complexity index is 1270. The number of benzene rings is 1. The van der Waals surface area contributed by atoms with Gasteiger partial charge in [0.2, 0.25) is 11.6 Å². The molecule has 4 atom stereocenters. The standard InChI is InChI=1S/C23H26N10O2/c1-24-13-8-9-17(25-11-13)28-18-10-16(19-22(29-18)31-33(3)23(19)34)27-15-7-5-6-14(20(15)35-4)21-26-12-32(2)30-21/h5-9,11-12,16,18-19,22,27,29,31H,10H2,2-4H3,(H,25,28). The molecule has 4 unspecified atom stereocenters. The molecule has 1 aromatic carbocycles. The van der Waals surface area contributed by atoms with Crippen LogP contribution in [0, 0.1) is 12.5 Å². The van der Waals surface area contributed by atoms with E-state index >= 15 is 0 Å². The van der Waals surface area contributed by atoms with E-state index in [4.69, 9.17) is 11.3 Å². The number of carbonyl (C=O) groups excluding carboxylic acids is 1. The number of anilines is 2. The van der Waals surface area contributed by atoms with Crippen LogP contribution >= 0.6 is 0 Å². The van der Waals surface area contributed by atoms with Crippen molar-refractivity contribution in [1.29, 1.82) is 0 Å². The first-order valence-electron chi connectivity index (χ1n) is 11.2. The number of carbonyl (C=O) groups is 1. The molecule has 2 aliphatic heterocycles. The van der Waals surface area contributed by atoms with Crippen molar-refractivity contribution >= 4 is 23.1 Å². The average Bonchev–Trinajstić information content (AvgIpc) is 3.41. The minimum atomic E-state index is -0.336. The summed E-state index contributed by atoms with van der Waals surface area (Å²) in [5, 5.41) is 16.3. The van der Waals surface area contributed by atoms with E-state index in [1.54, 1.807) is 37.3 Å². The van der Waals surface area contributed by atoms with Gasteiger partial charge < -0.3 is 15.4 Å². The third-order valence-corrected chi connectivity index (χ3v) is 6.21. The van der Waals surface area contributed by atoms with Crippen LogP contribution in [0.5, 0.6) is 5.75 Å². The lowest BCUT2D eigenvalue weighted by Gasteiger charge is -2.39. The maximum atomic E-state index is 13.0. The van der Waals surface area contributed by atoms with E-state index in [0.29, 0.717) is 29.5 Å². The van der Waals surface area contributed by atoms with Gasteiger partial charge in [-0.3, -0.25) is 24.8 Å². The summed E-state index contributed by atoms with van der Waals surface area (Å²) in [6.07, 6.45) is 3.30. The highest BCUT2D eigenvalue weighted by Crippen LogP contribution is 2.37. The highest BCUT2D eigenvalue weighted by molar-refractivity contribution is 5.83. The molecule has 12 nitrogen and oxygen atoms in total. The van der Waals surface area contributed by atoms with E-state index in [2.05, 4.69) is 41.3 Å². The summed E-state index contributed by atoms with van der Waals surface area (Å²) in [5.41, 5.74) is 5.19. The summed E-state index contributed by atoms with van der Waals surface area (Å²) >= 11 is 0. The predicted molar refractivity (Wildman–Crippen MR) is 129 cm³/mol. The van der Waals surface area contributed by atoms with Gasteiger partial charge in [-0.15, -0.1) is 0 Å². The fourth-order valence-electron chi connectivity index (χ4n) is 4.62. The van der Waals surface area contributed by atoms with Crippen molar-refractivity contribution < 1.29 is 9.53 Å². The molecule has 2 fully saturated rings. The number of methoxy groups -OCH3 is 1. The van der Waals surface area contributed by atoms with Gasteiger partial charge in [0.05, 0.1) is 43.2 Å². The number of pyridine rings is 1. The minimum absolute atomic E-state index is 0.000463. The molecule has 0 aliphatic carbocycles. The summed E-state index contributed by atoms with van der Waals surface area (Å²) in [5.74, 6) is 1.48. The van der Waals surface area contributed by atoms with E-state index in [9.17, 15) is 4.79 Å². The fraction of sp³-hybridized carbons (Fsp3) is 0.348. The number of amides is 1. The molecule has 1 amide bonds. The zero-order valence-corrected chi connectivity index (χ0v) is 19.6. The Morgan fingerprint density at radius 1 is 1.20 bits per heavy atom. The first-order valence-corrected chi connectivity index (χ1v) is 11.2. The van der Waals surface area contributed by atoms with Gasteiger partial charge in [-0.2, -0.15) is 5.10 Å². The molecule has 0 radical (unpaired) electrons. The first-order chi connectivity index (χ1) is 17.0. The number of hydrogen-bond donors (Lipinski definition) is 4. The number of aromatic nitrogens is 4. The Labute approximate surface area is 202 Å². The maximum absolute atomic E-state index is 13.0. The van der Waals surface area contributed by atoms with E-state index in [-0.39, 0.29) is 30.2 Å². The van der Waals surface area contributed by atoms with Gasteiger partial charge in [0.25, 0.3) is 0 Å². The van der Waals surface area contributed by atoms with Crippen LogP contribution in [-0.4, -0.2) is 63.2 Å². The smallest absolute Gasteiger partial charge is 0.244 e. The molecule has 0 bridgehead atoms. The largest absolute Gasteiger partial charge is 0.494 e. The Morgan fingerprint density at radius 2 is 2.06 bits per heavy atom. The molecule has 0 saturated carbocycles. The van der Waals surface area contributed by atoms with Crippen LogP contribution in [0.2, 0.25) is 0 Å². The number of fused-ring (bicyclic) bond motifs is 1. The molecular formula is C23H26N10O2. The second-order valence-electron chi connectivity index (χ2n) is 8.52. The summed E-state index contributed by atoms with van der Waals surface area (Å²) in [6.45, 7) is 7.10. The molecule has 3 aromatic rings. The van der Waals surface area contributed by atoms with Crippen LogP contribution in [0.1, 0.15) is 6.42 Å². The van der Waals surface area contributed by atoms with Gasteiger partial charge in [0.1, 0.15) is 12.1 Å². The highest BCUT2D eigenvalue weighted by atomic mass is 16.5. The number of hydrazine groups is 1. The third-order valence-electron chi connectivity index (χ3n) is 6.21. The Hall–Kier alpha value is -4.21. The molecule has 5 rings (SSSR count). The van der Waals surface area contributed by atoms with Gasteiger partial charge in [-0.25, -0.2) is 15.3 Å². The molecule has 180 valence electrons. The minimum Gasteiger partial charge on any atom is -0.494 e. The van der Waals surface area contributed by atoms with E-state index in [1.165, 1.54) is 11.2 Å². The number of nitrogens with zero attached hydrogens (tertiary/aromatic N) is 6. The Kier molecular flexibility index (Phi) is 5.94. The summed E-state index contributed by atoms with van der Waals surface area (Å²) in [7, 11) is 5.14. The van der Waals surface area contributed by atoms with Gasteiger partial charge in [-0.05, 0) is 18.2 Å². The zero-order chi connectivity index (χ0) is 24.5. The third kappa shape index (κ3) is 4.34. The van der Waals surface area contributed by atoms with Crippen LogP contribution in [0.25, 0.3) is 16.2 Å². The van der Waals surface area contributed by atoms with Crippen molar-refractivity contribution in [3.63, 3.8) is 0 Å². The van der Waals surface area contributed by atoms with Gasteiger partial charge in [-0.1, -0.05) is 12.1 Å². The van der Waals surface area contributed by atoms with Crippen molar-refractivity contribution in [2.45, 2.75) is 24.8 Å². The Balaban J connectivity index is 1.42. The lowest BCUT2D eigenvalue weighted by atomic mass is 9.88. The van der Waals surface area contributed by atoms with E-state index in [0.717, 1.165) is 11.3 Å². The van der Waals surface area contributed by atoms with Crippen molar-refractivity contribution in [3.05, 3.63) is 54.3 Å². The van der Waals surface area contributed by atoms with Gasteiger partial charge in [0, 0.05) is 32.8 Å². The number of nitrogens with one attached hydrogen (secondary N) is 4. The lowest BCUT2D eigenvalue weighted by molar-refractivity contribution is -0.131. The summed E-state index contributed by atoms with van der Waals surface area (Å²) in [6, 6.07) is 9.02. The number of aryl methyl sites for hydroxylation is 1. The number of rotatable bonds is 6. The normalized spacial score (nSPS) is 23.5. The second kappa shape index (κ2) is 9.21. The molecule has 0 spiro atoms. The summed E-state index contributed by atoms with van der Waals surface area (Å²) < 4.78 is 7.40. The molecule has 2 aliphatic rings. The number of ether oxygens (including phenoxy) is 1. The van der Waals surface area contributed by atoms with Crippen LogP contribution in [0.4, 0.5) is 17.2 Å². The van der Waals surface area contributed by atoms with Crippen molar-refractivity contribution in [2.75, 3.05) is 24.8 Å². The monoisotopic (exact) mass is 474 g/mol. The molecule has 4 heterocycles. The topological polar surface area (TPSA) is 126 Å². The maximum Gasteiger partial charge on any atom is 0.244 e. The molecule has 12 heteroatoms. The van der Waals surface area contributed by atoms with Gasteiger partial charge in [0.15, 0.2) is 11.6 Å². The Morgan fingerprint density at radius 3 is 2.74 bits per heavy atom. The van der Waals surface area contributed by atoms with Crippen molar-refractivity contribution in [2.24, 2.45) is 13.0 Å². The van der Waals surface area contributed by atoms with Crippen LogP contribution in [-0.2, 0) is 11.8 Å². The number of para-hydroxylation sites is 1. The van der Waals surface area contributed by atoms with E-state index in [1.807, 2.05) is 25.2 Å². The fourth-order valence-corrected chi connectivity index (χ4v) is 4.62. The van der Waals surface area contributed by atoms with Crippen LogP contribution < -0.4 is 26.1 Å². The first kappa shape index (κ1) is 22.6. The molecule has 2 saturated heterocycles. The zero-order valence-electron chi connectivity index (χ0n) is 19.6. The van der Waals surface area contributed by atoms with Gasteiger partial charge >= 0.3 is 0 Å². The van der Waals surface area contributed by atoms with Crippen molar-refractivity contribution in [1.82, 2.24) is 35.5 Å².